The number of carbonyl (C=O) groups is 3. The molecule has 1 aliphatic rings. The van der Waals surface area contributed by atoms with Crippen molar-refractivity contribution in [1.29, 1.82) is 0 Å². The van der Waals surface area contributed by atoms with Crippen LogP contribution in [-0.4, -0.2) is 42.0 Å². The van der Waals surface area contributed by atoms with E-state index in [1.54, 1.807) is 6.92 Å². The highest BCUT2D eigenvalue weighted by molar-refractivity contribution is 5.83. The van der Waals surface area contributed by atoms with Gasteiger partial charge in [-0.05, 0) is 38.5 Å². The molecule has 0 spiro atoms. The Bertz CT molecular complexity index is 546. The predicted octanol–water partition coefficient (Wildman–Crippen LogP) is 4.10. The van der Waals surface area contributed by atoms with E-state index in [9.17, 15) is 19.5 Å². The molecule has 1 fully saturated rings. The summed E-state index contributed by atoms with van der Waals surface area (Å²) >= 11 is 0. The lowest BCUT2D eigenvalue weighted by Gasteiger charge is -2.15. The van der Waals surface area contributed by atoms with Crippen molar-refractivity contribution >= 4 is 17.7 Å². The molecular formula is C24H41NO5. The summed E-state index contributed by atoms with van der Waals surface area (Å²) in [5.74, 6) is 0.147. The van der Waals surface area contributed by atoms with E-state index in [-0.39, 0.29) is 24.3 Å². The van der Waals surface area contributed by atoms with Crippen LogP contribution >= 0.6 is 0 Å². The number of carbonyl (C=O) groups excluding carboxylic acids is 3. The van der Waals surface area contributed by atoms with Crippen LogP contribution in [0.15, 0.2) is 12.2 Å². The number of hydrogen-bond acceptors (Lipinski definition) is 5. The van der Waals surface area contributed by atoms with Crippen molar-refractivity contribution in [1.82, 2.24) is 5.32 Å². The maximum absolute atomic E-state index is 12.2. The molecule has 172 valence electrons. The summed E-state index contributed by atoms with van der Waals surface area (Å²) in [5, 5.41) is 12.6. The first-order valence-corrected chi connectivity index (χ1v) is 11.8. The van der Waals surface area contributed by atoms with Gasteiger partial charge in [-0.3, -0.25) is 14.4 Å². The average Bonchev–Trinajstić information content (AvgIpc) is 3.07. The fraction of sp³-hybridized carbons (Fsp3) is 0.792. The monoisotopic (exact) mass is 423 g/mol. The van der Waals surface area contributed by atoms with Gasteiger partial charge in [-0.15, -0.1) is 0 Å². The Kier molecular flexibility index (Phi) is 14.1. The zero-order valence-electron chi connectivity index (χ0n) is 18.9. The second kappa shape index (κ2) is 16.1. The van der Waals surface area contributed by atoms with Gasteiger partial charge in [0.25, 0.3) is 0 Å². The molecule has 1 amide bonds. The van der Waals surface area contributed by atoms with E-state index in [1.807, 2.05) is 6.08 Å². The van der Waals surface area contributed by atoms with Crippen molar-refractivity contribution in [2.45, 2.75) is 97.0 Å². The Balaban J connectivity index is 2.19. The summed E-state index contributed by atoms with van der Waals surface area (Å²) in [6, 6.07) is 0. The highest BCUT2D eigenvalue weighted by atomic mass is 16.5. The predicted molar refractivity (Wildman–Crippen MR) is 118 cm³/mol. The smallest absolute Gasteiger partial charge is 0.325 e. The molecular weight excluding hydrogens is 382 g/mol. The summed E-state index contributed by atoms with van der Waals surface area (Å²) in [4.78, 5) is 35.1. The molecule has 6 nitrogen and oxygen atoms in total. The van der Waals surface area contributed by atoms with Gasteiger partial charge in [0.05, 0.1) is 12.7 Å². The second-order valence-corrected chi connectivity index (χ2v) is 8.26. The summed E-state index contributed by atoms with van der Waals surface area (Å²) in [7, 11) is 0. The molecule has 0 aromatic carbocycles. The molecule has 30 heavy (non-hydrogen) atoms. The summed E-state index contributed by atoms with van der Waals surface area (Å²) in [6.07, 6.45) is 14.2. The average molecular weight is 424 g/mol. The molecule has 1 rings (SSSR count). The molecule has 1 aliphatic carbocycles. The van der Waals surface area contributed by atoms with Gasteiger partial charge in [0, 0.05) is 18.8 Å². The molecule has 3 atom stereocenters. The van der Waals surface area contributed by atoms with Gasteiger partial charge in [-0.25, -0.2) is 0 Å². The minimum atomic E-state index is -0.413. The summed E-state index contributed by atoms with van der Waals surface area (Å²) in [5.41, 5.74) is 0. The lowest BCUT2D eigenvalue weighted by molar-refractivity contribution is -0.143. The maximum atomic E-state index is 12.2. The van der Waals surface area contributed by atoms with Crippen molar-refractivity contribution < 1.29 is 24.2 Å². The molecule has 0 saturated heterocycles. The molecule has 1 saturated carbocycles. The quantitative estimate of drug-likeness (QED) is 0.221. The SMILES string of the molecule is CCCCCC(O)C=CC1CCC(=O)C1CCCCCCC(=O)NCC(=O)OCC. The van der Waals surface area contributed by atoms with Crippen LogP contribution in [0.4, 0.5) is 0 Å². The first-order chi connectivity index (χ1) is 14.5. The van der Waals surface area contributed by atoms with Gasteiger partial charge in [0.2, 0.25) is 5.91 Å². The Labute approximate surface area is 181 Å². The van der Waals surface area contributed by atoms with Crippen LogP contribution < -0.4 is 5.32 Å². The zero-order chi connectivity index (χ0) is 22.2. The number of nitrogens with one attached hydrogen (secondary N) is 1. The van der Waals surface area contributed by atoms with E-state index in [1.165, 1.54) is 0 Å². The lowest BCUT2D eigenvalue weighted by Crippen LogP contribution is -2.30. The molecule has 0 aromatic rings. The van der Waals surface area contributed by atoms with Gasteiger partial charge in [0.15, 0.2) is 0 Å². The minimum Gasteiger partial charge on any atom is -0.465 e. The number of hydrogen-bond donors (Lipinski definition) is 2. The molecule has 6 heteroatoms. The van der Waals surface area contributed by atoms with Gasteiger partial charge in [-0.2, -0.15) is 0 Å². The van der Waals surface area contributed by atoms with Crippen molar-refractivity contribution in [2.75, 3.05) is 13.2 Å². The van der Waals surface area contributed by atoms with E-state index in [4.69, 9.17) is 4.74 Å². The Hall–Kier alpha value is -1.69. The minimum absolute atomic E-state index is 0.0708. The third-order valence-corrected chi connectivity index (χ3v) is 5.74. The number of ether oxygens (including phenoxy) is 1. The van der Waals surface area contributed by atoms with Gasteiger partial charge < -0.3 is 15.2 Å². The van der Waals surface area contributed by atoms with Crippen LogP contribution in [0.1, 0.15) is 90.9 Å². The third-order valence-electron chi connectivity index (χ3n) is 5.74. The molecule has 0 bridgehead atoms. The number of aliphatic hydroxyl groups excluding tert-OH is 1. The van der Waals surface area contributed by atoms with E-state index < -0.39 is 12.1 Å². The molecule has 0 heterocycles. The molecule has 0 aliphatic heterocycles. The zero-order valence-corrected chi connectivity index (χ0v) is 18.9. The first-order valence-electron chi connectivity index (χ1n) is 11.8. The maximum Gasteiger partial charge on any atom is 0.325 e. The third kappa shape index (κ3) is 11.5. The van der Waals surface area contributed by atoms with Crippen LogP contribution in [0.3, 0.4) is 0 Å². The van der Waals surface area contributed by atoms with Crippen LogP contribution in [0.2, 0.25) is 0 Å². The van der Waals surface area contributed by atoms with Crippen molar-refractivity contribution in [3.05, 3.63) is 12.2 Å². The van der Waals surface area contributed by atoms with Crippen molar-refractivity contribution in [3.8, 4) is 0 Å². The fourth-order valence-electron chi connectivity index (χ4n) is 3.98. The Morgan fingerprint density at radius 1 is 1.17 bits per heavy atom. The number of allylic oxidation sites excluding steroid dienone is 1. The molecule has 3 unspecified atom stereocenters. The number of aliphatic hydroxyl groups is 1. The van der Waals surface area contributed by atoms with Gasteiger partial charge in [0.1, 0.15) is 12.3 Å². The van der Waals surface area contributed by atoms with E-state index >= 15 is 0 Å². The standard InChI is InChI=1S/C24H41NO5/c1-3-5-8-11-20(26)16-14-19-15-17-22(27)21(19)12-9-6-7-10-13-23(28)25-18-24(29)30-4-2/h14,16,19-21,26H,3-13,15,17-18H2,1-2H3,(H,25,28). The summed E-state index contributed by atoms with van der Waals surface area (Å²) in [6.45, 7) is 4.13. The Morgan fingerprint density at radius 2 is 1.93 bits per heavy atom. The molecule has 2 N–H and O–H groups in total. The second-order valence-electron chi connectivity index (χ2n) is 8.26. The number of unbranched alkanes of at least 4 members (excludes halogenated alkanes) is 5. The van der Waals surface area contributed by atoms with Crippen LogP contribution in [0.5, 0.6) is 0 Å². The van der Waals surface area contributed by atoms with Crippen molar-refractivity contribution in [2.24, 2.45) is 11.8 Å². The van der Waals surface area contributed by atoms with Crippen LogP contribution in [-0.2, 0) is 19.1 Å². The number of Topliss-reactive ketones (excluding diaryl/α,β-unsaturated/α-hetero) is 1. The molecule has 0 radical (unpaired) electrons. The van der Waals surface area contributed by atoms with Crippen LogP contribution in [0, 0.1) is 11.8 Å². The number of ketones is 1. The lowest BCUT2D eigenvalue weighted by atomic mass is 9.89. The number of amides is 1. The van der Waals surface area contributed by atoms with Crippen LogP contribution in [0.25, 0.3) is 0 Å². The first kappa shape index (κ1) is 26.3. The molecule has 0 aromatic heterocycles. The van der Waals surface area contributed by atoms with Gasteiger partial charge >= 0.3 is 5.97 Å². The topological polar surface area (TPSA) is 92.7 Å². The largest absolute Gasteiger partial charge is 0.465 e. The number of rotatable bonds is 16. The summed E-state index contributed by atoms with van der Waals surface area (Å²) < 4.78 is 4.77. The highest BCUT2D eigenvalue weighted by Gasteiger charge is 2.32. The normalized spacial score (nSPS) is 19.9. The Morgan fingerprint density at radius 3 is 2.67 bits per heavy atom. The van der Waals surface area contributed by atoms with Crippen molar-refractivity contribution in [3.63, 3.8) is 0 Å². The van der Waals surface area contributed by atoms with E-state index in [2.05, 4.69) is 18.3 Å². The highest BCUT2D eigenvalue weighted by Crippen LogP contribution is 2.34. The van der Waals surface area contributed by atoms with E-state index in [0.29, 0.717) is 25.2 Å². The van der Waals surface area contributed by atoms with E-state index in [0.717, 1.165) is 64.2 Å². The van der Waals surface area contributed by atoms with Gasteiger partial charge in [-0.1, -0.05) is 57.6 Å². The fourth-order valence-corrected chi connectivity index (χ4v) is 3.98. The number of esters is 1.